The maximum Gasteiger partial charge on any atom is 0.266 e. The Hall–Kier alpha value is -2.21. The molecule has 0 radical (unpaired) electrons. The van der Waals surface area contributed by atoms with Gasteiger partial charge >= 0.3 is 0 Å². The lowest BCUT2D eigenvalue weighted by Crippen LogP contribution is -2.48. The molecule has 1 aromatic carbocycles. The van der Waals surface area contributed by atoms with Crippen molar-refractivity contribution in [3.8, 4) is 0 Å². The fourth-order valence-corrected chi connectivity index (χ4v) is 5.90. The van der Waals surface area contributed by atoms with Crippen LogP contribution in [-0.4, -0.2) is 48.2 Å². The first kappa shape index (κ1) is 19.7. The highest BCUT2D eigenvalue weighted by molar-refractivity contribution is 6.14. The number of rotatable bonds is 3. The third-order valence-corrected chi connectivity index (χ3v) is 7.58. The lowest BCUT2D eigenvalue weighted by Gasteiger charge is -2.28. The standard InChI is InChI=1S/C24H32N4O2/c25-23-24(30)28(15-21(29)27-13-16-9-10-17(14-27)12-11-16)20-8-4-3-7-19(20)22(26-23)18-5-1-2-6-18/h3-4,7-8,16-18,23H,1-2,5-6,9-15,25H2. The molecular weight excluding hydrogens is 376 g/mol. The van der Waals surface area contributed by atoms with Crippen LogP contribution in [-0.2, 0) is 9.59 Å². The molecule has 2 amide bonds. The molecule has 2 saturated heterocycles. The van der Waals surface area contributed by atoms with Gasteiger partial charge in [-0.1, -0.05) is 31.0 Å². The summed E-state index contributed by atoms with van der Waals surface area (Å²) in [5.74, 6) is 1.33. The van der Waals surface area contributed by atoms with E-state index in [0.29, 0.717) is 17.8 Å². The summed E-state index contributed by atoms with van der Waals surface area (Å²) in [7, 11) is 0. The predicted octanol–water partition coefficient (Wildman–Crippen LogP) is 2.95. The molecule has 6 heteroatoms. The van der Waals surface area contributed by atoms with Crippen molar-refractivity contribution in [3.05, 3.63) is 29.8 Å². The van der Waals surface area contributed by atoms with Crippen LogP contribution >= 0.6 is 0 Å². The minimum atomic E-state index is -0.943. The third-order valence-electron chi connectivity index (χ3n) is 7.58. The Morgan fingerprint density at radius 3 is 2.30 bits per heavy atom. The largest absolute Gasteiger partial charge is 0.341 e. The highest BCUT2D eigenvalue weighted by Gasteiger charge is 2.36. The number of carbonyl (C=O) groups is 2. The number of amides is 2. The average Bonchev–Trinajstić information content (AvgIpc) is 3.08. The molecule has 0 spiro atoms. The Morgan fingerprint density at radius 1 is 1.00 bits per heavy atom. The molecule has 2 N–H and O–H groups in total. The zero-order valence-corrected chi connectivity index (χ0v) is 17.6. The van der Waals surface area contributed by atoms with Gasteiger partial charge in [0, 0.05) is 30.3 Å². The first-order chi connectivity index (χ1) is 14.6. The molecule has 2 bridgehead atoms. The second-order valence-electron chi connectivity index (χ2n) is 9.57. The summed E-state index contributed by atoms with van der Waals surface area (Å²) < 4.78 is 0. The lowest BCUT2D eigenvalue weighted by molar-refractivity contribution is -0.132. The summed E-state index contributed by atoms with van der Waals surface area (Å²) in [5, 5.41) is 0. The monoisotopic (exact) mass is 408 g/mol. The van der Waals surface area contributed by atoms with E-state index in [4.69, 9.17) is 5.73 Å². The van der Waals surface area contributed by atoms with Gasteiger partial charge < -0.3 is 10.6 Å². The van der Waals surface area contributed by atoms with E-state index in [1.165, 1.54) is 38.5 Å². The molecule has 1 unspecified atom stereocenters. The molecule has 1 atom stereocenters. The maximum absolute atomic E-state index is 13.3. The van der Waals surface area contributed by atoms with Crippen LogP contribution in [0.5, 0.6) is 0 Å². The van der Waals surface area contributed by atoms with Crippen LogP contribution in [0.3, 0.4) is 0 Å². The molecule has 30 heavy (non-hydrogen) atoms. The van der Waals surface area contributed by atoms with Crippen molar-refractivity contribution in [2.24, 2.45) is 28.5 Å². The van der Waals surface area contributed by atoms with Crippen LogP contribution in [0.15, 0.2) is 29.3 Å². The van der Waals surface area contributed by atoms with Gasteiger partial charge in [-0.2, -0.15) is 0 Å². The minimum absolute atomic E-state index is 0.0356. The van der Waals surface area contributed by atoms with E-state index in [-0.39, 0.29) is 18.4 Å². The van der Waals surface area contributed by atoms with Crippen molar-refractivity contribution in [1.82, 2.24) is 4.90 Å². The molecule has 5 aliphatic rings. The van der Waals surface area contributed by atoms with E-state index in [1.54, 1.807) is 4.90 Å². The van der Waals surface area contributed by atoms with Crippen molar-refractivity contribution in [2.75, 3.05) is 24.5 Å². The summed E-state index contributed by atoms with van der Waals surface area (Å²) >= 11 is 0. The Labute approximate surface area is 178 Å². The number of nitrogens with two attached hydrogens (primary N) is 1. The lowest BCUT2D eigenvalue weighted by atomic mass is 9.84. The number of para-hydroxylation sites is 1. The summed E-state index contributed by atoms with van der Waals surface area (Å²) in [6, 6.07) is 7.88. The van der Waals surface area contributed by atoms with E-state index in [0.717, 1.165) is 42.9 Å². The van der Waals surface area contributed by atoms with Crippen LogP contribution in [0.1, 0.15) is 56.9 Å². The predicted molar refractivity (Wildman–Crippen MR) is 117 cm³/mol. The number of nitrogens with zero attached hydrogens (tertiary/aromatic N) is 3. The molecule has 6 rings (SSSR count). The van der Waals surface area contributed by atoms with Crippen LogP contribution in [0, 0.1) is 17.8 Å². The third kappa shape index (κ3) is 3.66. The van der Waals surface area contributed by atoms with Gasteiger partial charge in [0.05, 0.1) is 5.69 Å². The van der Waals surface area contributed by atoms with E-state index in [9.17, 15) is 9.59 Å². The summed E-state index contributed by atoms with van der Waals surface area (Å²) in [5.41, 5.74) is 8.94. The number of benzodiazepines with no additional fused rings is 1. The van der Waals surface area contributed by atoms with Gasteiger partial charge in [0.2, 0.25) is 5.91 Å². The number of aliphatic imine (C=N–C) groups is 1. The summed E-state index contributed by atoms with van der Waals surface area (Å²) in [6.45, 7) is 1.71. The average molecular weight is 409 g/mol. The normalized spacial score (nSPS) is 29.4. The Bertz CT molecular complexity index is 839. The number of benzene rings is 1. The molecular formula is C24H32N4O2. The van der Waals surface area contributed by atoms with Gasteiger partial charge in [-0.15, -0.1) is 0 Å². The minimum Gasteiger partial charge on any atom is -0.341 e. The topological polar surface area (TPSA) is 79.0 Å². The number of hydrogen-bond acceptors (Lipinski definition) is 4. The van der Waals surface area contributed by atoms with Gasteiger partial charge in [0.15, 0.2) is 6.17 Å². The molecule has 2 aliphatic carbocycles. The molecule has 4 fully saturated rings. The Kier molecular flexibility index (Phi) is 5.35. The van der Waals surface area contributed by atoms with E-state index < -0.39 is 6.17 Å². The van der Waals surface area contributed by atoms with Gasteiger partial charge in [-0.3, -0.25) is 19.5 Å². The van der Waals surface area contributed by atoms with E-state index in [1.807, 2.05) is 29.2 Å². The molecule has 160 valence electrons. The van der Waals surface area contributed by atoms with Gasteiger partial charge in [-0.25, -0.2) is 0 Å². The van der Waals surface area contributed by atoms with Crippen molar-refractivity contribution < 1.29 is 9.59 Å². The number of anilines is 1. The zero-order valence-electron chi connectivity index (χ0n) is 17.6. The molecule has 3 aliphatic heterocycles. The number of fused-ring (bicyclic) bond motifs is 5. The van der Waals surface area contributed by atoms with Crippen LogP contribution in [0.4, 0.5) is 5.69 Å². The molecule has 3 heterocycles. The maximum atomic E-state index is 13.3. The van der Waals surface area contributed by atoms with Crippen molar-refractivity contribution in [2.45, 2.75) is 57.5 Å². The van der Waals surface area contributed by atoms with E-state index in [2.05, 4.69) is 4.99 Å². The second kappa shape index (κ2) is 8.14. The first-order valence-electron chi connectivity index (χ1n) is 11.6. The van der Waals surface area contributed by atoms with E-state index >= 15 is 0 Å². The molecule has 6 nitrogen and oxygen atoms in total. The van der Waals surface area contributed by atoms with Gasteiger partial charge in [0.25, 0.3) is 5.91 Å². The van der Waals surface area contributed by atoms with Crippen LogP contribution < -0.4 is 10.6 Å². The number of carbonyl (C=O) groups excluding carboxylic acids is 2. The molecule has 1 aromatic rings. The summed E-state index contributed by atoms with van der Waals surface area (Å²) in [4.78, 5) is 34.8. The smallest absolute Gasteiger partial charge is 0.266 e. The fourth-order valence-electron chi connectivity index (χ4n) is 5.90. The van der Waals surface area contributed by atoms with Gasteiger partial charge in [0.1, 0.15) is 6.54 Å². The highest BCUT2D eigenvalue weighted by Crippen LogP contribution is 2.36. The van der Waals surface area contributed by atoms with Gasteiger partial charge in [-0.05, 0) is 56.4 Å². The first-order valence-corrected chi connectivity index (χ1v) is 11.6. The zero-order chi connectivity index (χ0) is 20.7. The Balaban J connectivity index is 1.43. The molecule has 2 saturated carbocycles. The van der Waals surface area contributed by atoms with Crippen LogP contribution in [0.2, 0.25) is 0 Å². The van der Waals surface area contributed by atoms with Crippen molar-refractivity contribution >= 4 is 23.2 Å². The number of hydrogen-bond donors (Lipinski definition) is 1. The highest BCUT2D eigenvalue weighted by atomic mass is 16.2. The van der Waals surface area contributed by atoms with Crippen molar-refractivity contribution in [1.29, 1.82) is 0 Å². The fraction of sp³-hybridized carbons (Fsp3) is 0.625. The SMILES string of the molecule is NC1N=C(C2CCCC2)c2ccccc2N(CC(=O)N2CC3CCC(CC3)C2)C1=O. The van der Waals surface area contributed by atoms with Crippen LogP contribution in [0.25, 0.3) is 0 Å². The Morgan fingerprint density at radius 2 is 1.63 bits per heavy atom. The van der Waals surface area contributed by atoms with Crippen molar-refractivity contribution in [3.63, 3.8) is 0 Å². The molecule has 0 aromatic heterocycles. The summed E-state index contributed by atoms with van der Waals surface area (Å²) in [6.07, 6.45) is 8.51. The quantitative estimate of drug-likeness (QED) is 0.835. The second-order valence-corrected chi connectivity index (χ2v) is 9.57.